The zero-order valence-corrected chi connectivity index (χ0v) is 4.29. The summed E-state index contributed by atoms with van der Waals surface area (Å²) >= 11 is 0. The van der Waals surface area contributed by atoms with Crippen LogP contribution in [-0.4, -0.2) is 18.7 Å². The van der Waals surface area contributed by atoms with Crippen LogP contribution in [-0.2, 0) is 4.79 Å². The molecule has 1 amide bonds. The average Bonchev–Trinajstić information content (AvgIpc) is 1.94. The molecule has 8 heavy (non-hydrogen) atoms. The van der Waals surface area contributed by atoms with Crippen LogP contribution in [0.4, 0.5) is 0 Å². The van der Waals surface area contributed by atoms with Crippen LogP contribution in [0.25, 0.3) is 0 Å². The third kappa shape index (κ3) is 1.18. The van der Waals surface area contributed by atoms with Crippen LogP contribution >= 0.6 is 0 Å². The Labute approximate surface area is 47.1 Å². The molecule has 0 aromatic carbocycles. The second-order valence-corrected chi connectivity index (χ2v) is 1.41. The molecular formula is C5H6N2O. The van der Waals surface area contributed by atoms with E-state index in [0.29, 0.717) is 6.54 Å². The summed E-state index contributed by atoms with van der Waals surface area (Å²) in [4.78, 5) is 14.0. The first-order chi connectivity index (χ1) is 3.89. The van der Waals surface area contributed by atoms with E-state index in [-0.39, 0.29) is 5.91 Å². The maximum atomic E-state index is 10.4. The predicted octanol–water partition coefficient (Wildman–Crippen LogP) is -0.299. The Kier molecular flexibility index (Phi) is 1.42. The zero-order valence-electron chi connectivity index (χ0n) is 4.29. The van der Waals surface area contributed by atoms with Crippen molar-refractivity contribution in [1.82, 2.24) is 5.32 Å². The summed E-state index contributed by atoms with van der Waals surface area (Å²) in [5.74, 6) is -0.130. The summed E-state index contributed by atoms with van der Waals surface area (Å²) in [6.07, 6.45) is 4.63. The SMILES string of the molecule is O=C1C=NC=CCN1. The molecule has 42 valence electrons. The van der Waals surface area contributed by atoms with Crippen LogP contribution in [0, 0.1) is 0 Å². The molecule has 0 aromatic heterocycles. The first kappa shape index (κ1) is 5.03. The Hall–Kier alpha value is -1.12. The largest absolute Gasteiger partial charge is 0.348 e. The summed E-state index contributed by atoms with van der Waals surface area (Å²) in [5.41, 5.74) is 0. The van der Waals surface area contributed by atoms with Gasteiger partial charge in [-0.2, -0.15) is 0 Å². The van der Waals surface area contributed by atoms with Crippen LogP contribution in [0.15, 0.2) is 17.3 Å². The molecule has 1 rings (SSSR count). The van der Waals surface area contributed by atoms with Crippen LogP contribution < -0.4 is 5.32 Å². The maximum Gasteiger partial charge on any atom is 0.262 e. The molecule has 0 spiro atoms. The minimum atomic E-state index is -0.130. The molecule has 0 bridgehead atoms. The molecule has 1 N–H and O–H groups in total. The lowest BCUT2D eigenvalue weighted by atomic mass is 10.6. The fraction of sp³-hybridized carbons (Fsp3) is 0.200. The van der Waals surface area contributed by atoms with Gasteiger partial charge in [0.25, 0.3) is 5.91 Å². The number of nitrogens with zero attached hydrogens (tertiary/aromatic N) is 1. The molecule has 3 nitrogen and oxygen atoms in total. The van der Waals surface area contributed by atoms with Gasteiger partial charge in [-0.3, -0.25) is 9.79 Å². The van der Waals surface area contributed by atoms with Crippen molar-refractivity contribution in [3.8, 4) is 0 Å². The first-order valence-electron chi connectivity index (χ1n) is 2.35. The van der Waals surface area contributed by atoms with Crippen molar-refractivity contribution < 1.29 is 4.79 Å². The number of hydrogen-bond acceptors (Lipinski definition) is 2. The van der Waals surface area contributed by atoms with Gasteiger partial charge >= 0.3 is 0 Å². The molecule has 0 radical (unpaired) electrons. The molecule has 0 aliphatic carbocycles. The Morgan fingerprint density at radius 1 is 1.75 bits per heavy atom. The van der Waals surface area contributed by atoms with Crippen molar-refractivity contribution in [3.05, 3.63) is 12.3 Å². The van der Waals surface area contributed by atoms with E-state index < -0.39 is 0 Å². The van der Waals surface area contributed by atoms with Gasteiger partial charge in [0.2, 0.25) is 0 Å². The third-order valence-electron chi connectivity index (χ3n) is 0.777. The van der Waals surface area contributed by atoms with Crippen LogP contribution in [0.5, 0.6) is 0 Å². The third-order valence-corrected chi connectivity index (χ3v) is 0.777. The van der Waals surface area contributed by atoms with Crippen LogP contribution in [0.2, 0.25) is 0 Å². The minimum absolute atomic E-state index is 0.130. The Bertz CT molecular complexity index is 149. The highest BCUT2D eigenvalue weighted by molar-refractivity contribution is 6.26. The lowest BCUT2D eigenvalue weighted by molar-refractivity contribution is -0.114. The number of carbonyl (C=O) groups excluding carboxylic acids is 1. The molecule has 0 aromatic rings. The lowest BCUT2D eigenvalue weighted by Crippen LogP contribution is -2.22. The molecule has 0 atom stereocenters. The van der Waals surface area contributed by atoms with Gasteiger partial charge in [0.1, 0.15) is 0 Å². The Morgan fingerprint density at radius 3 is 3.50 bits per heavy atom. The predicted molar refractivity (Wildman–Crippen MR) is 30.6 cm³/mol. The molecule has 0 saturated carbocycles. The fourth-order valence-corrected chi connectivity index (χ4v) is 0.429. The molecule has 0 unspecified atom stereocenters. The zero-order chi connectivity index (χ0) is 5.82. The quantitative estimate of drug-likeness (QED) is 0.457. The van der Waals surface area contributed by atoms with Crippen molar-refractivity contribution in [3.63, 3.8) is 0 Å². The van der Waals surface area contributed by atoms with Gasteiger partial charge in [0, 0.05) is 12.7 Å². The van der Waals surface area contributed by atoms with E-state index in [1.807, 2.05) is 0 Å². The highest BCUT2D eigenvalue weighted by atomic mass is 16.1. The van der Waals surface area contributed by atoms with E-state index in [1.54, 1.807) is 12.3 Å². The summed E-state index contributed by atoms with van der Waals surface area (Å²) < 4.78 is 0. The molecule has 0 saturated heterocycles. The highest BCUT2D eigenvalue weighted by Crippen LogP contribution is 1.76. The molecule has 3 heteroatoms. The summed E-state index contributed by atoms with van der Waals surface area (Å²) in [6, 6.07) is 0. The molecular weight excluding hydrogens is 104 g/mol. The number of rotatable bonds is 0. The number of carbonyl (C=O) groups is 1. The Balaban J connectivity index is 2.58. The molecule has 1 aliphatic heterocycles. The highest BCUT2D eigenvalue weighted by Gasteiger charge is 1.92. The number of hydrogen-bond donors (Lipinski definition) is 1. The monoisotopic (exact) mass is 110 g/mol. The van der Waals surface area contributed by atoms with Gasteiger partial charge in [-0.1, -0.05) is 0 Å². The van der Waals surface area contributed by atoms with Gasteiger partial charge in [-0.25, -0.2) is 0 Å². The van der Waals surface area contributed by atoms with Gasteiger partial charge in [0.05, 0.1) is 6.21 Å². The topological polar surface area (TPSA) is 41.5 Å². The van der Waals surface area contributed by atoms with E-state index in [4.69, 9.17) is 0 Å². The second kappa shape index (κ2) is 2.26. The summed E-state index contributed by atoms with van der Waals surface area (Å²) in [7, 11) is 0. The van der Waals surface area contributed by atoms with Gasteiger partial charge < -0.3 is 5.32 Å². The van der Waals surface area contributed by atoms with E-state index in [0.717, 1.165) is 0 Å². The normalized spacial score (nSPS) is 17.8. The van der Waals surface area contributed by atoms with Gasteiger partial charge in [0.15, 0.2) is 0 Å². The van der Waals surface area contributed by atoms with Gasteiger partial charge in [-0.15, -0.1) is 0 Å². The van der Waals surface area contributed by atoms with E-state index >= 15 is 0 Å². The van der Waals surface area contributed by atoms with E-state index in [1.165, 1.54) is 6.21 Å². The number of aliphatic imine (C=N–C) groups is 1. The van der Waals surface area contributed by atoms with Crippen molar-refractivity contribution in [2.24, 2.45) is 4.99 Å². The molecule has 0 fully saturated rings. The van der Waals surface area contributed by atoms with E-state index in [9.17, 15) is 4.79 Å². The van der Waals surface area contributed by atoms with Gasteiger partial charge in [-0.05, 0) is 6.08 Å². The number of amides is 1. The molecule has 1 heterocycles. The van der Waals surface area contributed by atoms with Crippen molar-refractivity contribution in [2.75, 3.05) is 6.54 Å². The van der Waals surface area contributed by atoms with Crippen LogP contribution in [0.1, 0.15) is 0 Å². The summed E-state index contributed by atoms with van der Waals surface area (Å²) in [5, 5.41) is 2.57. The van der Waals surface area contributed by atoms with Crippen LogP contribution in [0.3, 0.4) is 0 Å². The van der Waals surface area contributed by atoms with E-state index in [2.05, 4.69) is 10.3 Å². The van der Waals surface area contributed by atoms with Crippen molar-refractivity contribution in [2.45, 2.75) is 0 Å². The van der Waals surface area contributed by atoms with Crippen molar-refractivity contribution >= 4 is 12.1 Å². The summed E-state index contributed by atoms with van der Waals surface area (Å²) in [6.45, 7) is 0.582. The second-order valence-electron chi connectivity index (χ2n) is 1.41. The molecule has 1 aliphatic rings. The average molecular weight is 110 g/mol. The maximum absolute atomic E-state index is 10.4. The number of nitrogens with one attached hydrogen (secondary N) is 1. The smallest absolute Gasteiger partial charge is 0.262 e. The lowest BCUT2D eigenvalue weighted by Gasteiger charge is -1.88. The minimum Gasteiger partial charge on any atom is -0.348 e. The first-order valence-corrected chi connectivity index (χ1v) is 2.35. The Morgan fingerprint density at radius 2 is 2.62 bits per heavy atom. The van der Waals surface area contributed by atoms with Crippen molar-refractivity contribution in [1.29, 1.82) is 0 Å². The standard InChI is InChI=1S/C5H6N2O/c8-5-4-6-2-1-3-7-5/h1-2,4H,3H2,(H,7,8). The fourth-order valence-electron chi connectivity index (χ4n) is 0.429.